The number of nitrogens with zero attached hydrogens (tertiary/aromatic N) is 1. The van der Waals surface area contributed by atoms with E-state index >= 15 is 0 Å². The molecular weight excluding hydrogens is 208 g/mol. The molecular formula is C15H30N2. The molecule has 17 heavy (non-hydrogen) atoms. The Hall–Kier alpha value is -0.0800. The van der Waals surface area contributed by atoms with Gasteiger partial charge in [0, 0.05) is 19.1 Å². The Kier molecular flexibility index (Phi) is 4.87. The largest absolute Gasteiger partial charge is 0.317 e. The molecule has 0 spiro atoms. The van der Waals surface area contributed by atoms with E-state index in [1.807, 2.05) is 0 Å². The molecule has 0 radical (unpaired) electrons. The topological polar surface area (TPSA) is 15.3 Å². The van der Waals surface area contributed by atoms with E-state index in [4.69, 9.17) is 0 Å². The smallest absolute Gasteiger partial charge is 0.0105 e. The molecule has 3 unspecified atom stereocenters. The van der Waals surface area contributed by atoms with Crippen molar-refractivity contribution in [2.75, 3.05) is 27.2 Å². The Balaban J connectivity index is 1.80. The molecule has 2 fully saturated rings. The fraction of sp³-hybridized carbons (Fsp3) is 1.00. The molecule has 0 aromatic rings. The summed E-state index contributed by atoms with van der Waals surface area (Å²) in [5, 5.41) is 3.55. The molecule has 0 aromatic carbocycles. The molecule has 0 aromatic heterocycles. The summed E-state index contributed by atoms with van der Waals surface area (Å²) in [5.41, 5.74) is 0. The third-order valence-electron chi connectivity index (χ3n) is 4.85. The lowest BCUT2D eigenvalue weighted by Crippen LogP contribution is -2.44. The average Bonchev–Trinajstić information content (AvgIpc) is 3.12. The standard InChI is InChI=1S/C15H30N2/c1-4-12-7-8-15(16-2)14(9-12)11-17(3)10-13-5-6-13/h12-16H,4-11H2,1-3H3. The van der Waals surface area contributed by atoms with Crippen molar-refractivity contribution in [1.82, 2.24) is 10.2 Å². The lowest BCUT2D eigenvalue weighted by atomic mass is 9.76. The minimum absolute atomic E-state index is 0.763. The second-order valence-electron chi connectivity index (χ2n) is 6.41. The molecule has 0 bridgehead atoms. The van der Waals surface area contributed by atoms with Crippen molar-refractivity contribution in [2.24, 2.45) is 17.8 Å². The minimum Gasteiger partial charge on any atom is -0.317 e. The zero-order chi connectivity index (χ0) is 12.3. The summed E-state index contributed by atoms with van der Waals surface area (Å²) in [6.45, 7) is 5.00. The van der Waals surface area contributed by atoms with E-state index in [-0.39, 0.29) is 0 Å². The first-order valence-electron chi connectivity index (χ1n) is 7.58. The monoisotopic (exact) mass is 238 g/mol. The molecule has 3 atom stereocenters. The van der Waals surface area contributed by atoms with E-state index in [0.717, 1.165) is 23.8 Å². The molecule has 0 saturated heterocycles. The molecule has 0 aliphatic heterocycles. The third kappa shape index (κ3) is 3.96. The Bertz CT molecular complexity index is 225. The van der Waals surface area contributed by atoms with E-state index in [0.29, 0.717) is 0 Å². The zero-order valence-corrected chi connectivity index (χ0v) is 11.9. The van der Waals surface area contributed by atoms with Crippen LogP contribution in [0.5, 0.6) is 0 Å². The fourth-order valence-electron chi connectivity index (χ4n) is 3.53. The molecule has 2 saturated carbocycles. The van der Waals surface area contributed by atoms with E-state index in [2.05, 4.69) is 31.2 Å². The Morgan fingerprint density at radius 3 is 2.35 bits per heavy atom. The Morgan fingerprint density at radius 2 is 1.76 bits per heavy atom. The van der Waals surface area contributed by atoms with Crippen LogP contribution in [-0.4, -0.2) is 38.1 Å². The van der Waals surface area contributed by atoms with Gasteiger partial charge in [-0.3, -0.25) is 0 Å². The average molecular weight is 238 g/mol. The summed E-state index contributed by atoms with van der Waals surface area (Å²) in [4.78, 5) is 2.59. The molecule has 1 N–H and O–H groups in total. The van der Waals surface area contributed by atoms with Crippen LogP contribution < -0.4 is 5.32 Å². The lowest BCUT2D eigenvalue weighted by Gasteiger charge is -2.38. The van der Waals surface area contributed by atoms with Crippen LogP contribution >= 0.6 is 0 Å². The van der Waals surface area contributed by atoms with Crippen molar-refractivity contribution in [1.29, 1.82) is 0 Å². The van der Waals surface area contributed by atoms with Gasteiger partial charge in [-0.2, -0.15) is 0 Å². The summed E-state index contributed by atoms with van der Waals surface area (Å²) < 4.78 is 0. The Morgan fingerprint density at radius 1 is 1.06 bits per heavy atom. The van der Waals surface area contributed by atoms with Crippen molar-refractivity contribution in [2.45, 2.75) is 51.5 Å². The Labute approximate surface area is 107 Å². The van der Waals surface area contributed by atoms with Crippen LogP contribution in [-0.2, 0) is 0 Å². The first-order valence-corrected chi connectivity index (χ1v) is 7.58. The molecule has 0 heterocycles. The van der Waals surface area contributed by atoms with Crippen LogP contribution in [0.15, 0.2) is 0 Å². The summed E-state index contributed by atoms with van der Waals surface area (Å²) in [5.74, 6) is 2.89. The summed E-state index contributed by atoms with van der Waals surface area (Å²) >= 11 is 0. The van der Waals surface area contributed by atoms with Gasteiger partial charge in [0.15, 0.2) is 0 Å². The van der Waals surface area contributed by atoms with Gasteiger partial charge in [0.1, 0.15) is 0 Å². The van der Waals surface area contributed by atoms with Crippen LogP contribution in [0.2, 0.25) is 0 Å². The third-order valence-corrected chi connectivity index (χ3v) is 4.85. The maximum absolute atomic E-state index is 3.55. The molecule has 0 amide bonds. The number of nitrogens with one attached hydrogen (secondary N) is 1. The maximum atomic E-state index is 3.55. The molecule has 2 nitrogen and oxygen atoms in total. The predicted molar refractivity (Wildman–Crippen MR) is 74.2 cm³/mol. The van der Waals surface area contributed by atoms with Gasteiger partial charge in [-0.15, -0.1) is 0 Å². The molecule has 2 heteroatoms. The number of rotatable bonds is 6. The highest BCUT2D eigenvalue weighted by Crippen LogP contribution is 2.33. The van der Waals surface area contributed by atoms with Gasteiger partial charge in [-0.05, 0) is 64.0 Å². The highest BCUT2D eigenvalue weighted by Gasteiger charge is 2.30. The first-order chi connectivity index (χ1) is 8.22. The van der Waals surface area contributed by atoms with Gasteiger partial charge < -0.3 is 10.2 Å². The van der Waals surface area contributed by atoms with E-state index in [1.165, 1.54) is 51.6 Å². The fourth-order valence-corrected chi connectivity index (χ4v) is 3.53. The van der Waals surface area contributed by atoms with Crippen LogP contribution in [0.1, 0.15) is 45.4 Å². The van der Waals surface area contributed by atoms with Gasteiger partial charge in [0.25, 0.3) is 0 Å². The normalized spacial score (nSPS) is 34.2. The zero-order valence-electron chi connectivity index (χ0n) is 11.9. The van der Waals surface area contributed by atoms with Gasteiger partial charge in [-0.1, -0.05) is 13.3 Å². The molecule has 2 aliphatic rings. The van der Waals surface area contributed by atoms with Crippen molar-refractivity contribution < 1.29 is 0 Å². The van der Waals surface area contributed by atoms with Crippen molar-refractivity contribution >= 4 is 0 Å². The molecule has 2 aliphatic carbocycles. The second-order valence-corrected chi connectivity index (χ2v) is 6.41. The van der Waals surface area contributed by atoms with Crippen molar-refractivity contribution in [3.05, 3.63) is 0 Å². The maximum Gasteiger partial charge on any atom is 0.0105 e. The van der Waals surface area contributed by atoms with Crippen molar-refractivity contribution in [3.63, 3.8) is 0 Å². The summed E-state index contributed by atoms with van der Waals surface area (Å²) in [6, 6.07) is 0.763. The highest BCUT2D eigenvalue weighted by molar-refractivity contribution is 4.86. The second kappa shape index (κ2) is 6.19. The first kappa shape index (κ1) is 13.4. The van der Waals surface area contributed by atoms with E-state index < -0.39 is 0 Å². The van der Waals surface area contributed by atoms with Crippen LogP contribution in [0.3, 0.4) is 0 Å². The van der Waals surface area contributed by atoms with Gasteiger partial charge in [0.2, 0.25) is 0 Å². The predicted octanol–water partition coefficient (Wildman–Crippen LogP) is 2.74. The summed E-state index contributed by atoms with van der Waals surface area (Å²) in [6.07, 6.45) is 8.59. The van der Waals surface area contributed by atoms with E-state index in [9.17, 15) is 0 Å². The minimum atomic E-state index is 0.763. The quantitative estimate of drug-likeness (QED) is 0.765. The highest BCUT2D eigenvalue weighted by atomic mass is 15.1. The molecule has 2 rings (SSSR count). The van der Waals surface area contributed by atoms with Crippen LogP contribution in [0.25, 0.3) is 0 Å². The lowest BCUT2D eigenvalue weighted by molar-refractivity contribution is 0.154. The van der Waals surface area contributed by atoms with Crippen LogP contribution in [0.4, 0.5) is 0 Å². The molecule has 100 valence electrons. The van der Waals surface area contributed by atoms with Gasteiger partial charge in [0.05, 0.1) is 0 Å². The SMILES string of the molecule is CCC1CCC(NC)C(CN(C)CC2CC2)C1. The van der Waals surface area contributed by atoms with Crippen LogP contribution in [0, 0.1) is 17.8 Å². The summed E-state index contributed by atoms with van der Waals surface area (Å²) in [7, 11) is 4.46. The van der Waals surface area contributed by atoms with Gasteiger partial charge in [-0.25, -0.2) is 0 Å². The van der Waals surface area contributed by atoms with Gasteiger partial charge >= 0.3 is 0 Å². The number of hydrogen-bond acceptors (Lipinski definition) is 2. The van der Waals surface area contributed by atoms with Crippen molar-refractivity contribution in [3.8, 4) is 0 Å². The number of hydrogen-bond donors (Lipinski definition) is 1. The van der Waals surface area contributed by atoms with E-state index in [1.54, 1.807) is 0 Å².